The second-order valence-corrected chi connectivity index (χ2v) is 7.87. The molecule has 0 saturated carbocycles. The second-order valence-electron chi connectivity index (χ2n) is 7.87. The topological polar surface area (TPSA) is 109 Å². The molecule has 32 heavy (non-hydrogen) atoms. The standard InChI is InChI=1S/C23H23FN4O4/c1-13-5-3-4-10-28(13)20-9-7-16(12-19(20)25-14(2)29)22-26-21(27-32-22)15-6-8-17(23(30)31)18(24)11-15/h6-9,11-13H,3-5,10H2,1-2H3,(H,25,29)(H,30,31). The quantitative estimate of drug-likeness (QED) is 0.600. The average Bonchev–Trinajstić information content (AvgIpc) is 3.24. The summed E-state index contributed by atoms with van der Waals surface area (Å²) in [5.41, 5.74) is 2.05. The third-order valence-corrected chi connectivity index (χ3v) is 5.55. The molecule has 1 aliphatic rings. The Labute approximate surface area is 184 Å². The van der Waals surface area contributed by atoms with Gasteiger partial charge in [0.2, 0.25) is 11.7 Å². The molecule has 2 heterocycles. The Hall–Kier alpha value is -3.75. The Kier molecular flexibility index (Phi) is 5.89. The summed E-state index contributed by atoms with van der Waals surface area (Å²) >= 11 is 0. The zero-order valence-electron chi connectivity index (χ0n) is 17.8. The van der Waals surface area contributed by atoms with Gasteiger partial charge < -0.3 is 19.8 Å². The van der Waals surface area contributed by atoms with Crippen LogP contribution in [0.5, 0.6) is 0 Å². The molecule has 9 heteroatoms. The lowest BCUT2D eigenvalue weighted by molar-refractivity contribution is -0.114. The monoisotopic (exact) mass is 438 g/mol. The molecular weight excluding hydrogens is 415 g/mol. The average molecular weight is 438 g/mol. The van der Waals surface area contributed by atoms with Crippen molar-refractivity contribution in [3.05, 3.63) is 47.8 Å². The summed E-state index contributed by atoms with van der Waals surface area (Å²) < 4.78 is 19.4. The summed E-state index contributed by atoms with van der Waals surface area (Å²) in [5.74, 6) is -2.09. The van der Waals surface area contributed by atoms with E-state index in [4.69, 9.17) is 9.63 Å². The zero-order chi connectivity index (χ0) is 22.8. The van der Waals surface area contributed by atoms with Gasteiger partial charge in [0.15, 0.2) is 0 Å². The van der Waals surface area contributed by atoms with Crippen LogP contribution in [0, 0.1) is 5.82 Å². The molecule has 1 unspecified atom stereocenters. The van der Waals surface area contributed by atoms with Crippen molar-refractivity contribution >= 4 is 23.3 Å². The maximum absolute atomic E-state index is 14.0. The minimum absolute atomic E-state index is 0.130. The molecule has 1 saturated heterocycles. The Morgan fingerprint density at radius 3 is 2.66 bits per heavy atom. The fraction of sp³-hybridized carbons (Fsp3) is 0.304. The largest absolute Gasteiger partial charge is 0.478 e. The minimum atomic E-state index is -1.35. The van der Waals surface area contributed by atoms with Crippen molar-refractivity contribution in [3.63, 3.8) is 0 Å². The molecule has 2 N–H and O–H groups in total. The summed E-state index contributed by atoms with van der Waals surface area (Å²) in [5, 5.41) is 15.8. The first kappa shape index (κ1) is 21.5. The predicted molar refractivity (Wildman–Crippen MR) is 117 cm³/mol. The number of carboxylic acids is 1. The second kappa shape index (κ2) is 8.78. The first-order valence-electron chi connectivity index (χ1n) is 10.4. The molecule has 0 bridgehead atoms. The van der Waals surface area contributed by atoms with Gasteiger partial charge in [0.25, 0.3) is 5.89 Å². The Balaban J connectivity index is 1.67. The number of piperidine rings is 1. The van der Waals surface area contributed by atoms with Gasteiger partial charge in [-0.25, -0.2) is 9.18 Å². The molecule has 1 aromatic heterocycles. The molecule has 1 atom stereocenters. The summed E-state index contributed by atoms with van der Waals surface area (Å²) in [7, 11) is 0. The first-order chi connectivity index (χ1) is 15.3. The van der Waals surface area contributed by atoms with Crippen molar-refractivity contribution in [2.75, 3.05) is 16.8 Å². The van der Waals surface area contributed by atoms with Gasteiger partial charge in [-0.05, 0) is 62.6 Å². The van der Waals surface area contributed by atoms with Gasteiger partial charge in [0.05, 0.1) is 16.9 Å². The Morgan fingerprint density at radius 1 is 1.19 bits per heavy atom. The molecule has 8 nitrogen and oxygen atoms in total. The van der Waals surface area contributed by atoms with Crippen LogP contribution >= 0.6 is 0 Å². The molecule has 0 spiro atoms. The number of nitrogens with zero attached hydrogens (tertiary/aromatic N) is 3. The van der Waals surface area contributed by atoms with Gasteiger partial charge in [-0.1, -0.05) is 5.16 Å². The van der Waals surface area contributed by atoms with Crippen LogP contribution in [-0.4, -0.2) is 39.7 Å². The maximum Gasteiger partial charge on any atom is 0.338 e. The summed E-state index contributed by atoms with van der Waals surface area (Å²) in [6.45, 7) is 4.54. The molecular formula is C23H23FN4O4. The third kappa shape index (κ3) is 4.32. The lowest BCUT2D eigenvalue weighted by Gasteiger charge is -2.36. The molecule has 1 amide bonds. The number of aromatic carboxylic acids is 1. The Bertz CT molecular complexity index is 1180. The van der Waals surface area contributed by atoms with E-state index in [1.54, 1.807) is 6.07 Å². The number of nitrogens with one attached hydrogen (secondary N) is 1. The van der Waals surface area contributed by atoms with E-state index in [-0.39, 0.29) is 17.6 Å². The molecule has 3 aromatic rings. The van der Waals surface area contributed by atoms with Crippen molar-refractivity contribution in [2.24, 2.45) is 0 Å². The molecule has 0 radical (unpaired) electrons. The minimum Gasteiger partial charge on any atom is -0.478 e. The number of hydrogen-bond donors (Lipinski definition) is 2. The number of carboxylic acid groups (broad SMARTS) is 1. The van der Waals surface area contributed by atoms with Crippen LogP contribution in [0.2, 0.25) is 0 Å². The highest BCUT2D eigenvalue weighted by Crippen LogP contribution is 2.35. The van der Waals surface area contributed by atoms with E-state index < -0.39 is 17.3 Å². The maximum atomic E-state index is 14.0. The summed E-state index contributed by atoms with van der Waals surface area (Å²) in [4.78, 5) is 29.4. The number of aromatic nitrogens is 2. The van der Waals surface area contributed by atoms with Crippen LogP contribution in [-0.2, 0) is 4.79 Å². The predicted octanol–water partition coefficient (Wildman–Crippen LogP) is 4.58. The number of amides is 1. The van der Waals surface area contributed by atoms with E-state index in [1.165, 1.54) is 19.4 Å². The lowest BCUT2D eigenvalue weighted by Crippen LogP contribution is -2.38. The van der Waals surface area contributed by atoms with Crippen LogP contribution < -0.4 is 10.2 Å². The van der Waals surface area contributed by atoms with Gasteiger partial charge in [0, 0.05) is 30.6 Å². The summed E-state index contributed by atoms with van der Waals surface area (Å²) in [6, 6.07) is 9.55. The Morgan fingerprint density at radius 2 is 1.97 bits per heavy atom. The van der Waals surface area contributed by atoms with E-state index in [1.807, 2.05) is 12.1 Å². The zero-order valence-corrected chi connectivity index (χ0v) is 17.8. The highest BCUT2D eigenvalue weighted by molar-refractivity contribution is 5.94. The lowest BCUT2D eigenvalue weighted by atomic mass is 10.0. The smallest absolute Gasteiger partial charge is 0.338 e. The van der Waals surface area contributed by atoms with Gasteiger partial charge in [-0.2, -0.15) is 4.98 Å². The van der Waals surface area contributed by atoms with E-state index >= 15 is 0 Å². The fourth-order valence-corrected chi connectivity index (χ4v) is 3.95. The number of anilines is 2. The number of halogens is 1. The van der Waals surface area contributed by atoms with E-state index in [0.29, 0.717) is 22.9 Å². The molecule has 0 aliphatic carbocycles. The highest BCUT2D eigenvalue weighted by Gasteiger charge is 2.23. The van der Waals surface area contributed by atoms with Crippen molar-refractivity contribution in [2.45, 2.75) is 39.2 Å². The van der Waals surface area contributed by atoms with Crippen LogP contribution in [0.15, 0.2) is 40.9 Å². The van der Waals surface area contributed by atoms with Gasteiger partial charge >= 0.3 is 5.97 Å². The van der Waals surface area contributed by atoms with E-state index in [2.05, 4.69) is 27.3 Å². The van der Waals surface area contributed by atoms with Crippen LogP contribution in [0.1, 0.15) is 43.5 Å². The van der Waals surface area contributed by atoms with Gasteiger partial charge in [0.1, 0.15) is 5.82 Å². The highest BCUT2D eigenvalue weighted by atomic mass is 19.1. The van der Waals surface area contributed by atoms with Gasteiger partial charge in [-0.3, -0.25) is 4.79 Å². The van der Waals surface area contributed by atoms with Gasteiger partial charge in [-0.15, -0.1) is 0 Å². The molecule has 4 rings (SSSR count). The number of rotatable bonds is 5. The number of carbonyl (C=O) groups excluding carboxylic acids is 1. The van der Waals surface area contributed by atoms with Crippen LogP contribution in [0.25, 0.3) is 22.8 Å². The van der Waals surface area contributed by atoms with Crippen molar-refractivity contribution in [1.29, 1.82) is 0 Å². The SMILES string of the molecule is CC(=O)Nc1cc(-c2nc(-c3ccc(C(=O)O)c(F)c3)no2)ccc1N1CCCCC1C. The normalized spacial score (nSPS) is 16.1. The van der Waals surface area contributed by atoms with Crippen molar-refractivity contribution < 1.29 is 23.6 Å². The molecule has 1 fully saturated rings. The molecule has 1 aliphatic heterocycles. The van der Waals surface area contributed by atoms with Crippen molar-refractivity contribution in [3.8, 4) is 22.8 Å². The van der Waals surface area contributed by atoms with E-state index in [0.717, 1.165) is 37.2 Å². The summed E-state index contributed by atoms with van der Waals surface area (Å²) in [6.07, 6.45) is 3.37. The molecule has 166 valence electrons. The number of carbonyl (C=O) groups is 2. The molecule has 2 aromatic carbocycles. The number of benzene rings is 2. The van der Waals surface area contributed by atoms with Crippen molar-refractivity contribution in [1.82, 2.24) is 10.1 Å². The van der Waals surface area contributed by atoms with E-state index in [9.17, 15) is 14.0 Å². The first-order valence-corrected chi connectivity index (χ1v) is 10.4. The number of hydrogen-bond acceptors (Lipinski definition) is 6. The van der Waals surface area contributed by atoms with Crippen LogP contribution in [0.4, 0.5) is 15.8 Å². The third-order valence-electron chi connectivity index (χ3n) is 5.55. The fourth-order valence-electron chi connectivity index (χ4n) is 3.95. The van der Waals surface area contributed by atoms with Crippen LogP contribution in [0.3, 0.4) is 0 Å².